The SMILES string of the molecule is Cc1nc(N2CCCN(c3ccc(-c4cc(Cl)c(Cl)cn4)cc3)C2=O)sc1S(N)(=O)=O. The molecule has 2 amide bonds. The normalized spacial score (nSPS) is 14.9. The molecule has 1 saturated heterocycles. The molecule has 0 saturated carbocycles. The molecule has 0 unspecified atom stereocenters. The van der Waals surface area contributed by atoms with Gasteiger partial charge in [0.05, 0.1) is 21.4 Å². The average Bonchev–Trinajstić information content (AvgIpc) is 3.12. The maximum absolute atomic E-state index is 13.1. The fraction of sp³-hybridized carbons (Fsp3) is 0.211. The Balaban J connectivity index is 1.59. The maximum atomic E-state index is 13.1. The maximum Gasteiger partial charge on any atom is 0.330 e. The number of carbonyl (C=O) groups excluding carboxylic acids is 1. The van der Waals surface area contributed by atoms with Crippen LogP contribution in [0, 0.1) is 6.92 Å². The summed E-state index contributed by atoms with van der Waals surface area (Å²) in [5.41, 5.74) is 2.49. The fourth-order valence-corrected chi connectivity index (χ4v) is 5.50. The van der Waals surface area contributed by atoms with Gasteiger partial charge in [0.2, 0.25) is 10.0 Å². The molecule has 2 N–H and O–H groups in total. The van der Waals surface area contributed by atoms with E-state index in [1.54, 1.807) is 17.9 Å². The van der Waals surface area contributed by atoms with Crippen molar-refractivity contribution < 1.29 is 13.2 Å². The first kappa shape index (κ1) is 22.0. The molecule has 1 aliphatic heterocycles. The summed E-state index contributed by atoms with van der Waals surface area (Å²) < 4.78 is 23.4. The van der Waals surface area contributed by atoms with E-state index in [2.05, 4.69) is 9.97 Å². The summed E-state index contributed by atoms with van der Waals surface area (Å²) in [5, 5.41) is 6.35. The van der Waals surface area contributed by atoms with Crippen molar-refractivity contribution in [3.05, 3.63) is 52.3 Å². The van der Waals surface area contributed by atoms with Gasteiger partial charge in [0.15, 0.2) is 9.34 Å². The Hall–Kier alpha value is -2.24. The number of amides is 2. The van der Waals surface area contributed by atoms with Gasteiger partial charge in [0.25, 0.3) is 0 Å². The van der Waals surface area contributed by atoms with Crippen molar-refractivity contribution in [2.24, 2.45) is 5.14 Å². The van der Waals surface area contributed by atoms with Gasteiger partial charge in [-0.15, -0.1) is 0 Å². The van der Waals surface area contributed by atoms with Gasteiger partial charge < -0.3 is 0 Å². The molecule has 3 aromatic rings. The molecule has 0 spiro atoms. The number of carbonyl (C=O) groups is 1. The number of rotatable bonds is 4. The molecule has 0 aliphatic carbocycles. The number of nitrogens with zero attached hydrogens (tertiary/aromatic N) is 4. The third-order valence-corrected chi connectivity index (χ3v) is 8.19. The number of pyridine rings is 1. The van der Waals surface area contributed by atoms with Gasteiger partial charge in [0.1, 0.15) is 0 Å². The third-order valence-electron chi connectivity index (χ3n) is 4.74. The molecule has 4 rings (SSSR count). The molecule has 0 bridgehead atoms. The molecule has 0 radical (unpaired) electrons. The summed E-state index contributed by atoms with van der Waals surface area (Å²) in [6, 6.07) is 8.75. The van der Waals surface area contributed by atoms with Crippen LogP contribution in [-0.2, 0) is 10.0 Å². The van der Waals surface area contributed by atoms with Crippen LogP contribution in [0.1, 0.15) is 12.1 Å². The van der Waals surface area contributed by atoms with Crippen molar-refractivity contribution >= 4 is 61.4 Å². The number of hydrogen-bond donors (Lipinski definition) is 1. The summed E-state index contributed by atoms with van der Waals surface area (Å²) >= 11 is 12.9. The van der Waals surface area contributed by atoms with E-state index in [0.717, 1.165) is 16.9 Å². The molecule has 0 atom stereocenters. The van der Waals surface area contributed by atoms with Gasteiger partial charge in [-0.3, -0.25) is 14.8 Å². The van der Waals surface area contributed by atoms with Crippen LogP contribution in [0.3, 0.4) is 0 Å². The number of benzene rings is 1. The molecule has 1 aliphatic rings. The van der Waals surface area contributed by atoms with Crippen molar-refractivity contribution in [3.63, 3.8) is 0 Å². The third kappa shape index (κ3) is 4.39. The summed E-state index contributed by atoms with van der Waals surface area (Å²) in [6.07, 6.45) is 2.19. The van der Waals surface area contributed by atoms with Gasteiger partial charge in [-0.05, 0) is 31.5 Å². The molecule has 31 heavy (non-hydrogen) atoms. The Kier molecular flexibility index (Phi) is 5.93. The van der Waals surface area contributed by atoms with Crippen LogP contribution in [0.15, 0.2) is 40.7 Å². The highest BCUT2D eigenvalue weighted by Gasteiger charge is 2.31. The summed E-state index contributed by atoms with van der Waals surface area (Å²) in [6.45, 7) is 2.53. The zero-order chi connectivity index (χ0) is 22.3. The molecule has 12 heteroatoms. The van der Waals surface area contributed by atoms with E-state index in [4.69, 9.17) is 28.3 Å². The Bertz CT molecular complexity index is 1260. The van der Waals surface area contributed by atoms with Crippen LogP contribution in [-0.4, -0.2) is 37.5 Å². The standard InChI is InChI=1S/C19H17Cl2N5O3S2/c1-11-17(31(22,28)29)30-18(24-11)26-8-2-7-25(19(26)27)13-5-3-12(4-6-13)16-9-14(20)15(21)10-23-16/h3-6,9-10H,2,7-8H2,1H3,(H2,22,28,29). The van der Waals surface area contributed by atoms with Crippen LogP contribution in [0.2, 0.25) is 10.0 Å². The minimum atomic E-state index is -3.89. The number of aromatic nitrogens is 2. The van der Waals surface area contributed by atoms with E-state index in [1.165, 1.54) is 11.1 Å². The largest absolute Gasteiger partial charge is 0.330 e. The summed E-state index contributed by atoms with van der Waals surface area (Å²) in [7, 11) is -3.89. The van der Waals surface area contributed by atoms with Gasteiger partial charge in [0, 0.05) is 30.5 Å². The summed E-state index contributed by atoms with van der Waals surface area (Å²) in [4.78, 5) is 24.8. The van der Waals surface area contributed by atoms with Crippen molar-refractivity contribution in [1.82, 2.24) is 9.97 Å². The Morgan fingerprint density at radius 3 is 2.39 bits per heavy atom. The van der Waals surface area contributed by atoms with E-state index in [1.807, 2.05) is 24.3 Å². The van der Waals surface area contributed by atoms with Gasteiger partial charge in [-0.2, -0.15) is 0 Å². The molecule has 2 aromatic heterocycles. The number of aryl methyl sites for hydroxylation is 1. The predicted molar refractivity (Wildman–Crippen MR) is 123 cm³/mol. The van der Waals surface area contributed by atoms with Crippen LogP contribution >= 0.6 is 34.5 Å². The minimum absolute atomic E-state index is 0.0362. The van der Waals surface area contributed by atoms with Gasteiger partial charge in [-0.1, -0.05) is 46.7 Å². The highest BCUT2D eigenvalue weighted by atomic mass is 35.5. The highest BCUT2D eigenvalue weighted by Crippen LogP contribution is 2.33. The molecule has 1 aromatic carbocycles. The van der Waals surface area contributed by atoms with E-state index in [9.17, 15) is 13.2 Å². The number of nitrogens with two attached hydrogens (primary N) is 1. The van der Waals surface area contributed by atoms with Crippen molar-refractivity contribution in [2.75, 3.05) is 22.9 Å². The molecular weight excluding hydrogens is 481 g/mol. The Morgan fingerprint density at radius 2 is 1.77 bits per heavy atom. The lowest BCUT2D eigenvalue weighted by Crippen LogP contribution is -2.49. The van der Waals surface area contributed by atoms with Crippen LogP contribution < -0.4 is 14.9 Å². The number of hydrogen-bond acceptors (Lipinski definition) is 6. The smallest absolute Gasteiger partial charge is 0.294 e. The molecular formula is C19H17Cl2N5O3S2. The second-order valence-corrected chi connectivity index (χ2v) is 10.4. The second kappa shape index (κ2) is 8.36. The lowest BCUT2D eigenvalue weighted by Gasteiger charge is -2.34. The van der Waals surface area contributed by atoms with Gasteiger partial charge in [-0.25, -0.2) is 23.3 Å². The highest BCUT2D eigenvalue weighted by molar-refractivity contribution is 7.91. The van der Waals surface area contributed by atoms with E-state index in [-0.39, 0.29) is 15.9 Å². The minimum Gasteiger partial charge on any atom is -0.294 e. The fourth-order valence-electron chi connectivity index (χ4n) is 3.27. The van der Waals surface area contributed by atoms with Gasteiger partial charge >= 0.3 is 6.03 Å². The average molecular weight is 498 g/mol. The van der Waals surface area contributed by atoms with Crippen molar-refractivity contribution in [2.45, 2.75) is 17.6 Å². The van der Waals surface area contributed by atoms with E-state index < -0.39 is 10.0 Å². The molecule has 1 fully saturated rings. The zero-order valence-corrected chi connectivity index (χ0v) is 19.4. The van der Waals surface area contributed by atoms with Crippen LogP contribution in [0.4, 0.5) is 15.6 Å². The lowest BCUT2D eigenvalue weighted by atomic mass is 10.1. The molecule has 8 nitrogen and oxygen atoms in total. The Morgan fingerprint density at radius 1 is 1.10 bits per heavy atom. The monoisotopic (exact) mass is 497 g/mol. The molecule has 162 valence electrons. The van der Waals surface area contributed by atoms with Crippen molar-refractivity contribution in [1.29, 1.82) is 0 Å². The molecule has 3 heterocycles. The first-order valence-electron chi connectivity index (χ1n) is 9.16. The number of halogens is 2. The first-order valence-corrected chi connectivity index (χ1v) is 12.3. The van der Waals surface area contributed by atoms with E-state index >= 15 is 0 Å². The van der Waals surface area contributed by atoms with Crippen LogP contribution in [0.5, 0.6) is 0 Å². The predicted octanol–water partition coefficient (Wildman–Crippen LogP) is 4.30. The van der Waals surface area contributed by atoms with E-state index in [0.29, 0.717) is 46.1 Å². The number of urea groups is 1. The number of anilines is 2. The second-order valence-electron chi connectivity index (χ2n) is 6.88. The zero-order valence-electron chi connectivity index (χ0n) is 16.2. The lowest BCUT2D eigenvalue weighted by molar-refractivity contribution is 0.248. The van der Waals surface area contributed by atoms with Crippen LogP contribution in [0.25, 0.3) is 11.3 Å². The summed E-state index contributed by atoms with van der Waals surface area (Å²) in [5.74, 6) is 0. The van der Waals surface area contributed by atoms with Crippen molar-refractivity contribution in [3.8, 4) is 11.3 Å². The Labute approximate surface area is 193 Å². The number of sulfonamides is 1. The number of thiazole rings is 1. The first-order chi connectivity index (χ1) is 14.6. The topological polar surface area (TPSA) is 109 Å². The quantitative estimate of drug-likeness (QED) is 0.577. The number of primary sulfonamides is 1.